The summed E-state index contributed by atoms with van der Waals surface area (Å²) in [6, 6.07) is 17.6. The van der Waals surface area contributed by atoms with E-state index < -0.39 is 0 Å². The minimum absolute atomic E-state index is 0.00839. The summed E-state index contributed by atoms with van der Waals surface area (Å²) in [6.45, 7) is 0. The molecule has 0 atom stereocenters. The van der Waals surface area contributed by atoms with Gasteiger partial charge in [0.2, 0.25) is 0 Å². The van der Waals surface area contributed by atoms with E-state index in [-0.39, 0.29) is 11.5 Å². The fraction of sp³-hybridized carbons (Fsp3) is 0. The number of phenols is 2. The second kappa shape index (κ2) is 6.64. The average molecular weight is 341 g/mol. The first kappa shape index (κ1) is 15.8. The lowest BCUT2D eigenvalue weighted by Gasteiger charge is -2.12. The van der Waals surface area contributed by atoms with Crippen molar-refractivity contribution in [1.82, 2.24) is 15.0 Å². The first-order valence-electron chi connectivity index (χ1n) is 8.07. The first-order chi connectivity index (χ1) is 12.7. The standard InChI is InChI=1S/C21H15N3O2/c25-15-11-14(12-16(26)13-15)17-5-3-9-23-20(17)18-6-4-10-24-21(18)19-7-1-2-8-22-19/h1-13,25-26H. The van der Waals surface area contributed by atoms with Gasteiger partial charge in [0.25, 0.3) is 0 Å². The molecule has 0 amide bonds. The van der Waals surface area contributed by atoms with E-state index in [0.29, 0.717) is 11.3 Å². The number of hydrogen-bond acceptors (Lipinski definition) is 5. The highest BCUT2D eigenvalue weighted by Crippen LogP contribution is 2.37. The van der Waals surface area contributed by atoms with Crippen molar-refractivity contribution in [3.05, 3.63) is 79.3 Å². The topological polar surface area (TPSA) is 79.1 Å². The van der Waals surface area contributed by atoms with Crippen LogP contribution < -0.4 is 0 Å². The normalized spacial score (nSPS) is 10.6. The third kappa shape index (κ3) is 2.98. The molecule has 126 valence electrons. The molecule has 5 nitrogen and oxygen atoms in total. The van der Waals surface area contributed by atoms with Crippen LogP contribution >= 0.6 is 0 Å². The summed E-state index contributed by atoms with van der Waals surface area (Å²) in [5.41, 5.74) is 4.44. The lowest BCUT2D eigenvalue weighted by atomic mass is 9.97. The minimum atomic E-state index is -0.00839. The SMILES string of the molecule is Oc1cc(O)cc(-c2cccnc2-c2cccnc2-c2ccccn2)c1. The number of aromatic hydroxyl groups is 2. The maximum atomic E-state index is 9.85. The largest absolute Gasteiger partial charge is 0.508 e. The summed E-state index contributed by atoms with van der Waals surface area (Å²) in [7, 11) is 0. The molecule has 3 heterocycles. The van der Waals surface area contributed by atoms with E-state index >= 15 is 0 Å². The Balaban J connectivity index is 1.94. The molecule has 0 bridgehead atoms. The third-order valence-electron chi connectivity index (χ3n) is 3.99. The van der Waals surface area contributed by atoms with Crippen molar-refractivity contribution in [3.8, 4) is 45.3 Å². The molecule has 0 saturated heterocycles. The zero-order valence-electron chi connectivity index (χ0n) is 13.7. The monoisotopic (exact) mass is 341 g/mol. The van der Waals surface area contributed by atoms with E-state index in [1.54, 1.807) is 30.7 Å². The summed E-state index contributed by atoms with van der Waals surface area (Å²) in [5, 5.41) is 19.7. The van der Waals surface area contributed by atoms with Crippen LogP contribution in [0.1, 0.15) is 0 Å². The van der Waals surface area contributed by atoms with Gasteiger partial charge in [-0.05, 0) is 48.0 Å². The van der Waals surface area contributed by atoms with Crippen LogP contribution in [0, 0.1) is 0 Å². The highest BCUT2D eigenvalue weighted by atomic mass is 16.3. The van der Waals surface area contributed by atoms with Gasteiger partial charge < -0.3 is 10.2 Å². The van der Waals surface area contributed by atoms with Crippen LogP contribution in [0.3, 0.4) is 0 Å². The van der Waals surface area contributed by atoms with Gasteiger partial charge in [-0.1, -0.05) is 12.1 Å². The zero-order valence-corrected chi connectivity index (χ0v) is 13.7. The van der Waals surface area contributed by atoms with Crippen molar-refractivity contribution < 1.29 is 10.2 Å². The Labute approximate surface area is 150 Å². The van der Waals surface area contributed by atoms with E-state index in [4.69, 9.17) is 0 Å². The Morgan fingerprint density at radius 2 is 1.23 bits per heavy atom. The number of benzene rings is 1. The van der Waals surface area contributed by atoms with Crippen LogP contribution in [0.25, 0.3) is 33.8 Å². The van der Waals surface area contributed by atoms with Crippen molar-refractivity contribution >= 4 is 0 Å². The molecule has 5 heteroatoms. The molecule has 0 radical (unpaired) electrons. The number of aromatic nitrogens is 3. The van der Waals surface area contributed by atoms with Gasteiger partial charge in [-0.25, -0.2) is 0 Å². The zero-order chi connectivity index (χ0) is 17.9. The molecule has 0 unspecified atom stereocenters. The van der Waals surface area contributed by atoms with Gasteiger partial charge in [0.15, 0.2) is 0 Å². The second-order valence-electron chi connectivity index (χ2n) is 5.75. The van der Waals surface area contributed by atoms with Gasteiger partial charge in [-0.3, -0.25) is 15.0 Å². The van der Waals surface area contributed by atoms with Gasteiger partial charge in [-0.2, -0.15) is 0 Å². The second-order valence-corrected chi connectivity index (χ2v) is 5.75. The van der Waals surface area contributed by atoms with E-state index in [1.807, 2.05) is 42.5 Å². The van der Waals surface area contributed by atoms with E-state index in [2.05, 4.69) is 15.0 Å². The fourth-order valence-corrected chi connectivity index (χ4v) is 2.91. The Morgan fingerprint density at radius 1 is 0.577 bits per heavy atom. The summed E-state index contributed by atoms with van der Waals surface area (Å²) in [5.74, 6) is -0.0168. The van der Waals surface area contributed by atoms with E-state index in [0.717, 1.165) is 22.5 Å². The lowest BCUT2D eigenvalue weighted by molar-refractivity contribution is 0.451. The average Bonchev–Trinajstić information content (AvgIpc) is 2.68. The Bertz CT molecular complexity index is 1050. The van der Waals surface area contributed by atoms with Gasteiger partial charge in [0.05, 0.1) is 17.1 Å². The highest BCUT2D eigenvalue weighted by molar-refractivity contribution is 5.87. The Hall–Kier alpha value is -3.73. The van der Waals surface area contributed by atoms with Crippen LogP contribution in [0.2, 0.25) is 0 Å². The van der Waals surface area contributed by atoms with Crippen molar-refractivity contribution in [1.29, 1.82) is 0 Å². The van der Waals surface area contributed by atoms with Crippen LogP contribution in [-0.4, -0.2) is 25.2 Å². The quantitative estimate of drug-likeness (QED) is 0.581. The highest BCUT2D eigenvalue weighted by Gasteiger charge is 2.15. The van der Waals surface area contributed by atoms with Gasteiger partial charge in [0.1, 0.15) is 11.5 Å². The van der Waals surface area contributed by atoms with Crippen molar-refractivity contribution in [3.63, 3.8) is 0 Å². The van der Waals surface area contributed by atoms with Gasteiger partial charge in [-0.15, -0.1) is 0 Å². The van der Waals surface area contributed by atoms with E-state index in [9.17, 15) is 10.2 Å². The molecule has 0 aliphatic heterocycles. The van der Waals surface area contributed by atoms with Crippen molar-refractivity contribution in [2.45, 2.75) is 0 Å². The maximum Gasteiger partial charge on any atom is 0.119 e. The van der Waals surface area contributed by atoms with E-state index in [1.165, 1.54) is 6.07 Å². The summed E-state index contributed by atoms with van der Waals surface area (Å²) in [4.78, 5) is 13.4. The third-order valence-corrected chi connectivity index (χ3v) is 3.99. The first-order valence-corrected chi connectivity index (χ1v) is 8.07. The Morgan fingerprint density at radius 3 is 1.92 bits per heavy atom. The predicted molar refractivity (Wildman–Crippen MR) is 99.5 cm³/mol. The molecule has 1 aromatic carbocycles. The molecule has 0 saturated carbocycles. The van der Waals surface area contributed by atoms with Gasteiger partial charge in [0, 0.05) is 35.8 Å². The number of rotatable bonds is 3. The number of nitrogens with zero attached hydrogens (tertiary/aromatic N) is 3. The molecular weight excluding hydrogens is 326 g/mol. The van der Waals surface area contributed by atoms with Crippen LogP contribution in [0.15, 0.2) is 79.3 Å². The molecule has 26 heavy (non-hydrogen) atoms. The molecule has 3 aromatic heterocycles. The summed E-state index contributed by atoms with van der Waals surface area (Å²) < 4.78 is 0. The lowest BCUT2D eigenvalue weighted by Crippen LogP contribution is -1.95. The molecular formula is C21H15N3O2. The Kier molecular flexibility index (Phi) is 4.03. The maximum absolute atomic E-state index is 9.85. The van der Waals surface area contributed by atoms with Gasteiger partial charge >= 0.3 is 0 Å². The molecule has 0 fully saturated rings. The number of hydrogen-bond donors (Lipinski definition) is 2. The minimum Gasteiger partial charge on any atom is -0.508 e. The fourth-order valence-electron chi connectivity index (χ4n) is 2.91. The number of phenolic OH excluding ortho intramolecular Hbond substituents is 2. The molecule has 4 rings (SSSR count). The molecule has 4 aromatic rings. The summed E-state index contributed by atoms with van der Waals surface area (Å²) in [6.07, 6.45) is 5.15. The van der Waals surface area contributed by atoms with Crippen LogP contribution in [0.5, 0.6) is 11.5 Å². The van der Waals surface area contributed by atoms with Crippen molar-refractivity contribution in [2.75, 3.05) is 0 Å². The van der Waals surface area contributed by atoms with Crippen LogP contribution in [-0.2, 0) is 0 Å². The molecule has 0 spiro atoms. The molecule has 0 aliphatic rings. The van der Waals surface area contributed by atoms with Crippen LogP contribution in [0.4, 0.5) is 0 Å². The summed E-state index contributed by atoms with van der Waals surface area (Å²) >= 11 is 0. The molecule has 2 N–H and O–H groups in total. The van der Waals surface area contributed by atoms with Crippen molar-refractivity contribution in [2.24, 2.45) is 0 Å². The molecule has 0 aliphatic carbocycles. The smallest absolute Gasteiger partial charge is 0.119 e. The number of pyridine rings is 3. The predicted octanol–water partition coefficient (Wildman–Crippen LogP) is 4.28.